The van der Waals surface area contributed by atoms with Crippen LogP contribution in [0.5, 0.6) is 0 Å². The van der Waals surface area contributed by atoms with Gasteiger partial charge in [-0.1, -0.05) is 72.8 Å². The van der Waals surface area contributed by atoms with Gasteiger partial charge in [-0.15, -0.1) is 0 Å². The molecule has 46 heavy (non-hydrogen) atoms. The number of hydrogen-bond donors (Lipinski definition) is 0. The van der Waals surface area contributed by atoms with Gasteiger partial charge < -0.3 is 0 Å². The van der Waals surface area contributed by atoms with E-state index in [1.54, 1.807) is 6.20 Å². The van der Waals surface area contributed by atoms with Crippen LogP contribution >= 0.6 is 0 Å². The zero-order chi connectivity index (χ0) is 30.5. The summed E-state index contributed by atoms with van der Waals surface area (Å²) in [6.07, 6.45) is 5.45. The highest BCUT2D eigenvalue weighted by molar-refractivity contribution is 6.10. The molecule has 0 fully saturated rings. The summed E-state index contributed by atoms with van der Waals surface area (Å²) in [5.74, 6) is 0. The first-order chi connectivity index (χ1) is 22.8. The van der Waals surface area contributed by atoms with E-state index in [4.69, 9.17) is 15.0 Å². The normalized spacial score (nSPS) is 11.5. The van der Waals surface area contributed by atoms with Gasteiger partial charge in [-0.3, -0.25) is 15.0 Å². The number of rotatable bonds is 4. The van der Waals surface area contributed by atoms with Crippen LogP contribution in [0.15, 0.2) is 152 Å². The minimum atomic E-state index is 0.863. The third kappa shape index (κ3) is 4.54. The molecule has 0 saturated heterocycles. The van der Waals surface area contributed by atoms with Gasteiger partial charge in [0.2, 0.25) is 0 Å². The Morgan fingerprint density at radius 1 is 0.348 bits per heavy atom. The largest absolute Gasteiger partial charge is 0.255 e. The molecule has 0 aliphatic rings. The third-order valence-corrected chi connectivity index (χ3v) is 8.58. The summed E-state index contributed by atoms with van der Waals surface area (Å²) >= 11 is 0. The minimum Gasteiger partial charge on any atom is -0.255 e. The monoisotopic (exact) mass is 587 g/mol. The lowest BCUT2D eigenvalue weighted by Crippen LogP contribution is -1.90. The molecule has 4 aromatic carbocycles. The second-order valence-electron chi connectivity index (χ2n) is 11.4. The first kappa shape index (κ1) is 26.1. The number of hydrogen-bond acceptors (Lipinski definition) is 5. The Hall–Kier alpha value is -6.33. The topological polar surface area (TPSA) is 64.5 Å². The Labute approximate surface area is 264 Å². The first-order valence-electron chi connectivity index (χ1n) is 15.2. The molecular formula is C41H25N5. The molecule has 0 bridgehead atoms. The highest BCUT2D eigenvalue weighted by atomic mass is 14.8. The van der Waals surface area contributed by atoms with Crippen molar-refractivity contribution >= 4 is 43.6 Å². The van der Waals surface area contributed by atoms with Gasteiger partial charge in [-0.25, -0.2) is 9.97 Å². The maximum atomic E-state index is 5.15. The number of pyridine rings is 5. The van der Waals surface area contributed by atoms with E-state index < -0.39 is 0 Å². The van der Waals surface area contributed by atoms with Gasteiger partial charge in [-0.2, -0.15) is 0 Å². The number of aromatic nitrogens is 5. The van der Waals surface area contributed by atoms with Gasteiger partial charge in [0.25, 0.3) is 0 Å². The summed E-state index contributed by atoms with van der Waals surface area (Å²) in [5.41, 5.74) is 11.9. The highest BCUT2D eigenvalue weighted by Crippen LogP contribution is 2.35. The predicted octanol–water partition coefficient (Wildman–Crippen LogP) is 9.94. The van der Waals surface area contributed by atoms with E-state index in [1.165, 1.54) is 0 Å². The van der Waals surface area contributed by atoms with Crippen molar-refractivity contribution < 1.29 is 0 Å². The summed E-state index contributed by atoms with van der Waals surface area (Å²) in [5, 5.41) is 4.34. The molecule has 0 aliphatic heterocycles. The van der Waals surface area contributed by atoms with Gasteiger partial charge in [0.15, 0.2) is 0 Å². The third-order valence-electron chi connectivity index (χ3n) is 8.58. The van der Waals surface area contributed by atoms with Crippen LogP contribution < -0.4 is 0 Å². The van der Waals surface area contributed by atoms with Crippen LogP contribution in [0, 0.1) is 0 Å². The minimum absolute atomic E-state index is 0.863. The quantitative estimate of drug-likeness (QED) is 0.192. The molecule has 0 amide bonds. The predicted molar refractivity (Wildman–Crippen MR) is 187 cm³/mol. The lowest BCUT2D eigenvalue weighted by atomic mass is 9.95. The standard InChI is InChI=1S/C41H25N5/c1-2-19-42-36(10-1)37-18-16-27-12-14-29(25-39(27)46-37)28-13-11-26-15-17-35(45-38(26)24-28)31-7-3-6-30(22-31)34-23-32-8-4-20-43-40(32)41-33(34)9-5-21-44-41/h1-25H. The van der Waals surface area contributed by atoms with Crippen molar-refractivity contribution in [3.63, 3.8) is 0 Å². The van der Waals surface area contributed by atoms with E-state index in [-0.39, 0.29) is 0 Å². The summed E-state index contributed by atoms with van der Waals surface area (Å²) in [6.45, 7) is 0. The van der Waals surface area contributed by atoms with Crippen molar-refractivity contribution in [1.29, 1.82) is 0 Å². The van der Waals surface area contributed by atoms with Gasteiger partial charge in [0.1, 0.15) is 0 Å². The van der Waals surface area contributed by atoms with Crippen LogP contribution in [-0.2, 0) is 0 Å². The molecule has 0 atom stereocenters. The molecular weight excluding hydrogens is 562 g/mol. The molecule has 9 aromatic rings. The second kappa shape index (κ2) is 10.7. The van der Waals surface area contributed by atoms with Gasteiger partial charge in [0.05, 0.1) is 39.1 Å². The average molecular weight is 588 g/mol. The summed E-state index contributed by atoms with van der Waals surface area (Å²) < 4.78 is 0. The number of benzene rings is 4. The zero-order valence-corrected chi connectivity index (χ0v) is 24.7. The van der Waals surface area contributed by atoms with Gasteiger partial charge in [0, 0.05) is 45.7 Å². The zero-order valence-electron chi connectivity index (χ0n) is 24.7. The molecule has 0 radical (unpaired) electrons. The Kier molecular flexibility index (Phi) is 6.06. The van der Waals surface area contributed by atoms with Crippen molar-refractivity contribution in [3.8, 4) is 44.9 Å². The number of nitrogens with zero attached hydrogens (tertiary/aromatic N) is 5. The molecule has 0 saturated carbocycles. The fourth-order valence-electron chi connectivity index (χ4n) is 6.27. The fraction of sp³-hybridized carbons (Fsp3) is 0. The van der Waals surface area contributed by atoms with E-state index in [0.717, 1.165) is 88.5 Å². The molecule has 5 heterocycles. The molecule has 0 N–H and O–H groups in total. The Morgan fingerprint density at radius 3 is 1.80 bits per heavy atom. The summed E-state index contributed by atoms with van der Waals surface area (Å²) in [4.78, 5) is 23.9. The second-order valence-corrected chi connectivity index (χ2v) is 11.4. The van der Waals surface area contributed by atoms with E-state index in [1.807, 2.05) is 48.8 Å². The van der Waals surface area contributed by atoms with E-state index in [0.29, 0.717) is 0 Å². The maximum absolute atomic E-state index is 5.15. The molecule has 0 aliphatic carbocycles. The van der Waals surface area contributed by atoms with Crippen molar-refractivity contribution in [2.45, 2.75) is 0 Å². The van der Waals surface area contributed by atoms with Crippen molar-refractivity contribution in [2.24, 2.45) is 0 Å². The Morgan fingerprint density at radius 2 is 1.02 bits per heavy atom. The first-order valence-corrected chi connectivity index (χ1v) is 15.2. The summed E-state index contributed by atoms with van der Waals surface area (Å²) in [7, 11) is 0. The Balaban J connectivity index is 1.11. The van der Waals surface area contributed by atoms with Crippen molar-refractivity contribution in [3.05, 3.63) is 152 Å². The SMILES string of the molecule is c1ccc(-c2ccc3ccc(-c4ccc5ccc(-c6cccc(-c7cc8cccnc8c8ncccc78)c6)nc5c4)cc3n2)nc1. The molecule has 5 heteroatoms. The molecule has 5 aromatic heterocycles. The van der Waals surface area contributed by atoms with Crippen LogP contribution in [-0.4, -0.2) is 24.9 Å². The van der Waals surface area contributed by atoms with Crippen LogP contribution in [0.25, 0.3) is 88.5 Å². The Bertz CT molecular complexity index is 2600. The molecule has 9 rings (SSSR count). The van der Waals surface area contributed by atoms with Gasteiger partial charge >= 0.3 is 0 Å². The van der Waals surface area contributed by atoms with E-state index in [2.05, 4.69) is 107 Å². The van der Waals surface area contributed by atoms with E-state index >= 15 is 0 Å². The van der Waals surface area contributed by atoms with E-state index in [9.17, 15) is 0 Å². The molecule has 214 valence electrons. The molecule has 0 spiro atoms. The van der Waals surface area contributed by atoms with Crippen LogP contribution in [0.3, 0.4) is 0 Å². The highest BCUT2D eigenvalue weighted by Gasteiger charge is 2.12. The maximum Gasteiger partial charge on any atom is 0.0970 e. The van der Waals surface area contributed by atoms with Crippen LogP contribution in [0.1, 0.15) is 0 Å². The average Bonchev–Trinajstić information content (AvgIpc) is 3.14. The van der Waals surface area contributed by atoms with Gasteiger partial charge in [-0.05, 0) is 82.9 Å². The van der Waals surface area contributed by atoms with Crippen LogP contribution in [0.2, 0.25) is 0 Å². The smallest absolute Gasteiger partial charge is 0.0970 e. The van der Waals surface area contributed by atoms with Crippen molar-refractivity contribution in [2.75, 3.05) is 0 Å². The fourth-order valence-corrected chi connectivity index (χ4v) is 6.27. The lowest BCUT2D eigenvalue weighted by Gasteiger charge is -2.11. The molecule has 0 unspecified atom stereocenters. The van der Waals surface area contributed by atoms with Crippen molar-refractivity contribution in [1.82, 2.24) is 24.9 Å². The summed E-state index contributed by atoms with van der Waals surface area (Å²) in [6, 6.07) is 46.1. The van der Waals surface area contributed by atoms with Crippen LogP contribution in [0.4, 0.5) is 0 Å². The number of fused-ring (bicyclic) bond motifs is 5. The molecule has 5 nitrogen and oxygen atoms in total. The lowest BCUT2D eigenvalue weighted by molar-refractivity contribution is 1.28.